The number of benzene rings is 3. The molecule has 4 rings (SSSR count). The maximum atomic E-state index is 12.6. The number of carbonyl (C=O) groups excluding carboxylic acids is 1. The Hall–Kier alpha value is -3.88. The molecule has 0 bridgehead atoms. The summed E-state index contributed by atoms with van der Waals surface area (Å²) >= 11 is 4.96. The topological polar surface area (TPSA) is 93.0 Å². The number of carbonyl (C=O) groups is 1. The van der Waals surface area contributed by atoms with Gasteiger partial charge in [-0.05, 0) is 48.9 Å². The summed E-state index contributed by atoms with van der Waals surface area (Å²) in [6, 6.07) is 24.1. The van der Waals surface area contributed by atoms with Gasteiger partial charge in [0.1, 0.15) is 28.7 Å². The highest BCUT2D eigenvalue weighted by Crippen LogP contribution is 2.24. The second-order valence-electron chi connectivity index (χ2n) is 7.47. The van der Waals surface area contributed by atoms with E-state index in [1.54, 1.807) is 30.3 Å². The summed E-state index contributed by atoms with van der Waals surface area (Å²) in [4.78, 5) is 12.8. The molecule has 174 valence electrons. The van der Waals surface area contributed by atoms with Crippen LogP contribution in [0.15, 0.2) is 83.3 Å². The van der Waals surface area contributed by atoms with Gasteiger partial charge in [0.05, 0.1) is 6.61 Å². The van der Waals surface area contributed by atoms with Crippen LogP contribution in [0.3, 0.4) is 0 Å². The molecule has 0 aliphatic heterocycles. The number of hydrogen-bond acceptors (Lipinski definition) is 6. The molecule has 1 heterocycles. The van der Waals surface area contributed by atoms with Crippen LogP contribution in [0.25, 0.3) is 11.0 Å². The summed E-state index contributed by atoms with van der Waals surface area (Å²) in [6.45, 7) is 1.22. The van der Waals surface area contributed by atoms with Crippen LogP contribution in [-0.4, -0.2) is 29.3 Å². The molecule has 8 heteroatoms. The summed E-state index contributed by atoms with van der Waals surface area (Å²) in [5, 5.41) is 12.5. The number of rotatable bonds is 10. The number of hydroxylamine groups is 1. The third kappa shape index (κ3) is 5.92. The molecule has 0 unspecified atom stereocenters. The summed E-state index contributed by atoms with van der Waals surface area (Å²) in [5.74, 6) is 1.43. The number of nitrogens with one attached hydrogen (secondary N) is 2. The Morgan fingerprint density at radius 2 is 1.71 bits per heavy atom. The molecule has 0 radical (unpaired) electrons. The highest BCUT2D eigenvalue weighted by molar-refractivity contribution is 7.80. The van der Waals surface area contributed by atoms with Crippen LogP contribution in [0.2, 0.25) is 0 Å². The Morgan fingerprint density at radius 1 is 0.941 bits per heavy atom. The van der Waals surface area contributed by atoms with Crippen molar-refractivity contribution in [2.75, 3.05) is 13.2 Å². The minimum absolute atomic E-state index is 0.246. The molecule has 7 nitrogen and oxygen atoms in total. The van der Waals surface area contributed by atoms with Gasteiger partial charge in [-0.3, -0.25) is 15.5 Å². The maximum Gasteiger partial charge on any atom is 0.287 e. The van der Waals surface area contributed by atoms with Gasteiger partial charge in [-0.2, -0.15) is 0 Å². The second kappa shape index (κ2) is 11.3. The van der Waals surface area contributed by atoms with Crippen LogP contribution in [0.1, 0.15) is 28.1 Å². The lowest BCUT2D eigenvalue weighted by Gasteiger charge is -2.08. The van der Waals surface area contributed by atoms with Crippen LogP contribution in [-0.2, 0) is 6.61 Å². The fourth-order valence-corrected chi connectivity index (χ4v) is 3.48. The number of fused-ring (bicyclic) bond motifs is 1. The Balaban J connectivity index is 1.26. The van der Waals surface area contributed by atoms with Gasteiger partial charge in [0.2, 0.25) is 0 Å². The van der Waals surface area contributed by atoms with Gasteiger partial charge in [-0.15, -0.1) is 0 Å². The quantitative estimate of drug-likeness (QED) is 0.171. The Kier molecular flexibility index (Phi) is 7.75. The molecule has 0 spiro atoms. The summed E-state index contributed by atoms with van der Waals surface area (Å²) in [7, 11) is 0. The monoisotopic (exact) mass is 476 g/mol. The molecular weight excluding hydrogens is 452 g/mol. The molecule has 34 heavy (non-hydrogen) atoms. The van der Waals surface area contributed by atoms with Crippen LogP contribution in [0, 0.1) is 0 Å². The minimum atomic E-state index is -0.277. The fraction of sp³-hybridized carbons (Fsp3) is 0.154. The fourth-order valence-electron chi connectivity index (χ4n) is 3.35. The smallest absolute Gasteiger partial charge is 0.287 e. The standard InChI is InChI=1S/C26H24N2O5S/c29-25(27-14-5-15-31-22-12-10-18(11-13-22)26(34)28-30)23-16-19-6-4-7-20(24(19)33-23)17-32-21-8-2-1-3-9-21/h1-4,6-13,16,30H,5,14-15,17H2,(H,27,29)(H,28,34). The van der Waals surface area contributed by atoms with E-state index < -0.39 is 0 Å². The van der Waals surface area contributed by atoms with Crippen LogP contribution < -0.4 is 20.3 Å². The van der Waals surface area contributed by atoms with Crippen molar-refractivity contribution in [3.05, 3.63) is 95.7 Å². The van der Waals surface area contributed by atoms with E-state index in [0.717, 1.165) is 16.7 Å². The molecule has 1 amide bonds. The third-order valence-corrected chi connectivity index (χ3v) is 5.41. The van der Waals surface area contributed by atoms with Crippen molar-refractivity contribution in [2.24, 2.45) is 0 Å². The van der Waals surface area contributed by atoms with Gasteiger partial charge in [0.25, 0.3) is 5.91 Å². The Labute approximate surface area is 202 Å². The number of furan rings is 1. The van der Waals surface area contributed by atoms with Gasteiger partial charge in [-0.1, -0.05) is 48.6 Å². The zero-order chi connectivity index (χ0) is 23.8. The first-order chi connectivity index (χ1) is 16.6. The van der Waals surface area contributed by atoms with Crippen molar-refractivity contribution < 1.29 is 23.9 Å². The number of para-hydroxylation sites is 2. The predicted octanol–water partition coefficient (Wildman–Crippen LogP) is 4.87. The molecule has 3 N–H and O–H groups in total. The van der Waals surface area contributed by atoms with E-state index >= 15 is 0 Å². The third-order valence-electron chi connectivity index (χ3n) is 5.08. The van der Waals surface area contributed by atoms with Crippen LogP contribution in [0.5, 0.6) is 11.5 Å². The number of thiocarbonyl (C=S) groups is 1. The van der Waals surface area contributed by atoms with Crippen molar-refractivity contribution in [3.8, 4) is 11.5 Å². The molecule has 0 aliphatic rings. The van der Waals surface area contributed by atoms with Gasteiger partial charge >= 0.3 is 0 Å². The van der Waals surface area contributed by atoms with E-state index in [1.807, 2.05) is 54.0 Å². The van der Waals surface area contributed by atoms with Crippen molar-refractivity contribution in [2.45, 2.75) is 13.0 Å². The average Bonchev–Trinajstić information content (AvgIpc) is 3.33. The molecule has 0 aliphatic carbocycles. The lowest BCUT2D eigenvalue weighted by Crippen LogP contribution is -2.25. The molecule has 1 aromatic heterocycles. The van der Waals surface area contributed by atoms with Crippen LogP contribution >= 0.6 is 12.2 Å². The molecule has 4 aromatic rings. The Bertz CT molecular complexity index is 1260. The van der Waals surface area contributed by atoms with E-state index in [2.05, 4.69) is 5.32 Å². The number of hydrogen-bond donors (Lipinski definition) is 3. The highest BCUT2D eigenvalue weighted by Gasteiger charge is 2.14. The SMILES string of the molecule is O=C(NCCCOc1ccc(C(=S)NO)cc1)c1cc2cccc(COc3ccccc3)c2o1. The molecular formula is C26H24N2O5S. The van der Waals surface area contributed by atoms with Crippen molar-refractivity contribution in [3.63, 3.8) is 0 Å². The second-order valence-corrected chi connectivity index (χ2v) is 7.88. The largest absolute Gasteiger partial charge is 0.494 e. The summed E-state index contributed by atoms with van der Waals surface area (Å²) in [5.41, 5.74) is 4.15. The highest BCUT2D eigenvalue weighted by atomic mass is 32.1. The van der Waals surface area contributed by atoms with E-state index in [9.17, 15) is 4.79 Å². The molecule has 0 saturated heterocycles. The van der Waals surface area contributed by atoms with Crippen molar-refractivity contribution in [1.82, 2.24) is 10.8 Å². The lowest BCUT2D eigenvalue weighted by molar-refractivity contribution is 0.0926. The van der Waals surface area contributed by atoms with E-state index in [0.29, 0.717) is 43.1 Å². The number of ether oxygens (including phenoxy) is 2. The van der Waals surface area contributed by atoms with Crippen molar-refractivity contribution in [1.29, 1.82) is 0 Å². The number of amides is 1. The van der Waals surface area contributed by atoms with Gasteiger partial charge in [0, 0.05) is 23.1 Å². The zero-order valence-corrected chi connectivity index (χ0v) is 19.1. The Morgan fingerprint density at radius 3 is 2.47 bits per heavy atom. The maximum absolute atomic E-state index is 12.6. The first-order valence-electron chi connectivity index (χ1n) is 10.8. The molecule has 3 aromatic carbocycles. The van der Waals surface area contributed by atoms with Gasteiger partial charge in [0.15, 0.2) is 5.76 Å². The molecule has 0 saturated carbocycles. The van der Waals surface area contributed by atoms with Gasteiger partial charge in [-0.25, -0.2) is 0 Å². The van der Waals surface area contributed by atoms with E-state index in [1.165, 1.54) is 0 Å². The average molecular weight is 477 g/mol. The normalized spacial score (nSPS) is 10.6. The van der Waals surface area contributed by atoms with Gasteiger partial charge < -0.3 is 19.2 Å². The van der Waals surface area contributed by atoms with Crippen molar-refractivity contribution >= 4 is 34.1 Å². The molecule has 0 atom stereocenters. The van der Waals surface area contributed by atoms with Crippen LogP contribution in [0.4, 0.5) is 0 Å². The first-order valence-corrected chi connectivity index (χ1v) is 11.2. The minimum Gasteiger partial charge on any atom is -0.494 e. The first kappa shape index (κ1) is 23.3. The molecule has 0 fully saturated rings. The predicted molar refractivity (Wildman–Crippen MR) is 132 cm³/mol. The van der Waals surface area contributed by atoms with E-state index in [-0.39, 0.29) is 16.7 Å². The summed E-state index contributed by atoms with van der Waals surface area (Å²) < 4.78 is 17.4. The van der Waals surface area contributed by atoms with E-state index in [4.69, 9.17) is 31.3 Å². The zero-order valence-electron chi connectivity index (χ0n) is 18.3. The summed E-state index contributed by atoms with van der Waals surface area (Å²) in [6.07, 6.45) is 0.625. The lowest BCUT2D eigenvalue weighted by atomic mass is 10.1.